The lowest BCUT2D eigenvalue weighted by atomic mass is 9.96. The van der Waals surface area contributed by atoms with Gasteiger partial charge in [-0.3, -0.25) is 0 Å². The van der Waals surface area contributed by atoms with Gasteiger partial charge in [-0.15, -0.1) is 0 Å². The van der Waals surface area contributed by atoms with E-state index in [0.717, 1.165) is 13.0 Å². The Morgan fingerprint density at radius 3 is 2.53 bits per heavy atom. The molecule has 0 spiro atoms. The molecule has 1 atom stereocenters. The fraction of sp³-hybridized carbons (Fsp3) is 0.571. The molecule has 0 saturated heterocycles. The van der Waals surface area contributed by atoms with Gasteiger partial charge < -0.3 is 5.32 Å². The summed E-state index contributed by atoms with van der Waals surface area (Å²) in [6.45, 7) is 9.97. The maximum Gasteiger partial charge on any atom is 0.0320 e. The summed E-state index contributed by atoms with van der Waals surface area (Å²) in [5, 5.41) is 3.60. The lowest BCUT2D eigenvalue weighted by Crippen LogP contribution is -2.22. The highest BCUT2D eigenvalue weighted by Gasteiger charge is 2.11. The van der Waals surface area contributed by atoms with Crippen LogP contribution >= 0.6 is 0 Å². The maximum absolute atomic E-state index is 3.60. The quantitative estimate of drug-likeness (QED) is 0.772. The Labute approximate surface area is 93.9 Å². The van der Waals surface area contributed by atoms with Gasteiger partial charge in [0.1, 0.15) is 0 Å². The van der Waals surface area contributed by atoms with Gasteiger partial charge in [0.05, 0.1) is 0 Å². The lowest BCUT2D eigenvalue weighted by molar-refractivity contribution is 0.516. The Morgan fingerprint density at radius 1 is 1.20 bits per heavy atom. The molecule has 1 nitrogen and oxygen atoms in total. The van der Waals surface area contributed by atoms with Crippen LogP contribution in [0.1, 0.15) is 49.4 Å². The number of nitrogens with one attached hydrogen (secondary N) is 1. The SMILES string of the molecule is CCCNC(CC)c1cccc(C)c1C. The average Bonchev–Trinajstić information content (AvgIpc) is 2.25. The second-order valence-corrected chi connectivity index (χ2v) is 4.20. The molecule has 1 aromatic carbocycles. The Balaban J connectivity index is 2.86. The highest BCUT2D eigenvalue weighted by Crippen LogP contribution is 2.22. The smallest absolute Gasteiger partial charge is 0.0320 e. The standard InChI is InChI=1S/C14H23N/c1-5-10-15-14(6-2)13-9-7-8-11(3)12(13)4/h7-9,14-15H,5-6,10H2,1-4H3. The molecule has 0 saturated carbocycles. The van der Waals surface area contributed by atoms with Crippen molar-refractivity contribution >= 4 is 0 Å². The number of rotatable bonds is 5. The van der Waals surface area contributed by atoms with E-state index in [1.54, 1.807) is 0 Å². The molecule has 0 radical (unpaired) electrons. The van der Waals surface area contributed by atoms with Crippen molar-refractivity contribution in [3.63, 3.8) is 0 Å². The molecule has 84 valence electrons. The molecule has 1 unspecified atom stereocenters. The topological polar surface area (TPSA) is 12.0 Å². The summed E-state index contributed by atoms with van der Waals surface area (Å²) in [6, 6.07) is 7.11. The van der Waals surface area contributed by atoms with Crippen LogP contribution in [-0.4, -0.2) is 6.54 Å². The van der Waals surface area contributed by atoms with Crippen molar-refractivity contribution in [1.82, 2.24) is 5.32 Å². The van der Waals surface area contributed by atoms with E-state index >= 15 is 0 Å². The molecule has 0 amide bonds. The first-order chi connectivity index (χ1) is 7.20. The molecule has 1 N–H and O–H groups in total. The number of benzene rings is 1. The van der Waals surface area contributed by atoms with Crippen LogP contribution in [0, 0.1) is 13.8 Å². The third-order valence-electron chi connectivity index (χ3n) is 3.07. The zero-order chi connectivity index (χ0) is 11.3. The summed E-state index contributed by atoms with van der Waals surface area (Å²) in [5.74, 6) is 0. The van der Waals surface area contributed by atoms with Gasteiger partial charge in [0, 0.05) is 6.04 Å². The van der Waals surface area contributed by atoms with E-state index < -0.39 is 0 Å². The largest absolute Gasteiger partial charge is 0.310 e. The van der Waals surface area contributed by atoms with Crippen LogP contribution in [0.5, 0.6) is 0 Å². The van der Waals surface area contributed by atoms with Crippen molar-refractivity contribution in [3.05, 3.63) is 34.9 Å². The fourth-order valence-electron chi connectivity index (χ4n) is 1.94. The molecule has 15 heavy (non-hydrogen) atoms. The second kappa shape index (κ2) is 5.92. The molecule has 0 aromatic heterocycles. The first-order valence-electron chi connectivity index (χ1n) is 6.00. The van der Waals surface area contributed by atoms with Gasteiger partial charge in [0.25, 0.3) is 0 Å². The number of aryl methyl sites for hydroxylation is 1. The molecule has 0 heterocycles. The Kier molecular flexibility index (Phi) is 4.83. The molecular formula is C14H23N. The summed E-state index contributed by atoms with van der Waals surface area (Å²) < 4.78 is 0. The third kappa shape index (κ3) is 3.07. The van der Waals surface area contributed by atoms with Crippen molar-refractivity contribution in [3.8, 4) is 0 Å². The van der Waals surface area contributed by atoms with Gasteiger partial charge in [0.2, 0.25) is 0 Å². The van der Waals surface area contributed by atoms with Gasteiger partial charge in [-0.25, -0.2) is 0 Å². The van der Waals surface area contributed by atoms with Gasteiger partial charge in [-0.05, 0) is 49.9 Å². The number of hydrogen-bond acceptors (Lipinski definition) is 1. The second-order valence-electron chi connectivity index (χ2n) is 4.20. The highest BCUT2D eigenvalue weighted by molar-refractivity contribution is 5.35. The molecule has 0 aliphatic carbocycles. The zero-order valence-corrected chi connectivity index (χ0v) is 10.4. The van der Waals surface area contributed by atoms with Crippen molar-refractivity contribution in [1.29, 1.82) is 0 Å². The maximum atomic E-state index is 3.60. The monoisotopic (exact) mass is 205 g/mol. The summed E-state index contributed by atoms with van der Waals surface area (Å²) in [6.07, 6.45) is 2.35. The molecule has 0 aliphatic heterocycles. The van der Waals surface area contributed by atoms with Crippen LogP contribution in [-0.2, 0) is 0 Å². The van der Waals surface area contributed by atoms with E-state index in [1.807, 2.05) is 0 Å². The summed E-state index contributed by atoms with van der Waals surface area (Å²) in [4.78, 5) is 0. The van der Waals surface area contributed by atoms with Gasteiger partial charge in [-0.1, -0.05) is 32.0 Å². The van der Waals surface area contributed by atoms with Crippen molar-refractivity contribution in [2.24, 2.45) is 0 Å². The summed E-state index contributed by atoms with van der Waals surface area (Å²) in [5.41, 5.74) is 4.29. The molecule has 0 fully saturated rings. The van der Waals surface area contributed by atoms with Crippen LogP contribution < -0.4 is 5.32 Å². The van der Waals surface area contributed by atoms with Crippen LogP contribution in [0.25, 0.3) is 0 Å². The first-order valence-corrected chi connectivity index (χ1v) is 6.00. The van der Waals surface area contributed by atoms with E-state index in [-0.39, 0.29) is 0 Å². The van der Waals surface area contributed by atoms with Gasteiger partial charge in [0.15, 0.2) is 0 Å². The third-order valence-corrected chi connectivity index (χ3v) is 3.07. The van der Waals surface area contributed by atoms with Crippen LogP contribution in [0.15, 0.2) is 18.2 Å². The molecule has 0 aliphatic rings. The van der Waals surface area contributed by atoms with E-state index in [4.69, 9.17) is 0 Å². The predicted molar refractivity (Wildman–Crippen MR) is 67.2 cm³/mol. The van der Waals surface area contributed by atoms with Crippen LogP contribution in [0.4, 0.5) is 0 Å². The van der Waals surface area contributed by atoms with Crippen LogP contribution in [0.2, 0.25) is 0 Å². The van der Waals surface area contributed by atoms with E-state index in [0.29, 0.717) is 6.04 Å². The van der Waals surface area contributed by atoms with Crippen molar-refractivity contribution < 1.29 is 0 Å². The van der Waals surface area contributed by atoms with Crippen LogP contribution in [0.3, 0.4) is 0 Å². The Hall–Kier alpha value is -0.820. The lowest BCUT2D eigenvalue weighted by Gasteiger charge is -2.20. The summed E-state index contributed by atoms with van der Waals surface area (Å²) in [7, 11) is 0. The van der Waals surface area contributed by atoms with Gasteiger partial charge in [-0.2, -0.15) is 0 Å². The van der Waals surface area contributed by atoms with E-state index in [9.17, 15) is 0 Å². The normalized spacial score (nSPS) is 12.8. The Bertz CT molecular complexity index is 304. The Morgan fingerprint density at radius 2 is 1.93 bits per heavy atom. The number of hydrogen-bond donors (Lipinski definition) is 1. The first kappa shape index (κ1) is 12.3. The van der Waals surface area contributed by atoms with Gasteiger partial charge >= 0.3 is 0 Å². The van der Waals surface area contributed by atoms with E-state index in [2.05, 4.69) is 51.2 Å². The molecule has 1 rings (SSSR count). The molecule has 0 bridgehead atoms. The average molecular weight is 205 g/mol. The molecule has 1 aromatic rings. The minimum absolute atomic E-state index is 0.518. The minimum Gasteiger partial charge on any atom is -0.310 e. The summed E-state index contributed by atoms with van der Waals surface area (Å²) >= 11 is 0. The van der Waals surface area contributed by atoms with E-state index in [1.165, 1.54) is 23.1 Å². The predicted octanol–water partition coefficient (Wildman–Crippen LogP) is 3.75. The fourth-order valence-corrected chi connectivity index (χ4v) is 1.94. The minimum atomic E-state index is 0.518. The zero-order valence-electron chi connectivity index (χ0n) is 10.4. The molecular weight excluding hydrogens is 182 g/mol. The molecule has 1 heteroatoms. The van der Waals surface area contributed by atoms with Crippen molar-refractivity contribution in [2.75, 3.05) is 6.54 Å². The highest BCUT2D eigenvalue weighted by atomic mass is 14.9. The van der Waals surface area contributed by atoms with Crippen molar-refractivity contribution in [2.45, 2.75) is 46.6 Å².